The Balaban J connectivity index is 1.63. The number of ether oxygens (including phenoxy) is 1. The van der Waals surface area contributed by atoms with Crippen molar-refractivity contribution in [1.82, 2.24) is 0 Å². The normalized spacial score (nSPS) is 10.9. The molecule has 4 rings (SSSR count). The third-order valence-corrected chi connectivity index (χ3v) is 5.68. The number of anilines is 1. The van der Waals surface area contributed by atoms with E-state index < -0.39 is 0 Å². The van der Waals surface area contributed by atoms with Crippen LogP contribution in [0.3, 0.4) is 0 Å². The van der Waals surface area contributed by atoms with Crippen molar-refractivity contribution in [3.63, 3.8) is 0 Å². The van der Waals surface area contributed by atoms with E-state index >= 15 is 0 Å². The van der Waals surface area contributed by atoms with Gasteiger partial charge in [-0.15, -0.1) is 0 Å². The van der Waals surface area contributed by atoms with Crippen molar-refractivity contribution in [2.75, 3.05) is 5.32 Å². The van der Waals surface area contributed by atoms with Crippen LogP contribution in [-0.2, 0) is 13.2 Å². The Labute approximate surface area is 180 Å². The SMILES string of the molecule is Cc1ccc(C)c(NCc2c(OCc3ccc(Br)cc3)ccc3ccccc23)c1. The molecule has 0 aliphatic rings. The zero-order valence-electron chi connectivity index (χ0n) is 16.7. The molecular formula is C26H24BrNO. The molecule has 29 heavy (non-hydrogen) atoms. The quantitative estimate of drug-likeness (QED) is 0.333. The highest BCUT2D eigenvalue weighted by Gasteiger charge is 2.10. The molecule has 0 amide bonds. The van der Waals surface area contributed by atoms with Gasteiger partial charge in [0.15, 0.2) is 0 Å². The standard InChI is InChI=1S/C26H24BrNO/c1-18-7-8-19(2)25(15-18)28-16-24-23-6-4-3-5-21(23)11-14-26(24)29-17-20-9-12-22(27)13-10-20/h3-15,28H,16-17H2,1-2H3. The van der Waals surface area contributed by atoms with Crippen molar-refractivity contribution in [1.29, 1.82) is 0 Å². The van der Waals surface area contributed by atoms with Crippen LogP contribution in [-0.4, -0.2) is 0 Å². The van der Waals surface area contributed by atoms with Crippen LogP contribution in [0.4, 0.5) is 5.69 Å². The van der Waals surface area contributed by atoms with Crippen molar-refractivity contribution in [3.05, 3.63) is 106 Å². The summed E-state index contributed by atoms with van der Waals surface area (Å²) in [4.78, 5) is 0. The lowest BCUT2D eigenvalue weighted by molar-refractivity contribution is 0.304. The van der Waals surface area contributed by atoms with E-state index in [4.69, 9.17) is 4.74 Å². The van der Waals surface area contributed by atoms with E-state index in [-0.39, 0.29) is 0 Å². The van der Waals surface area contributed by atoms with Crippen LogP contribution in [0.15, 0.2) is 83.3 Å². The molecule has 0 heterocycles. The van der Waals surface area contributed by atoms with Crippen LogP contribution < -0.4 is 10.1 Å². The lowest BCUT2D eigenvalue weighted by Crippen LogP contribution is -2.05. The second-order valence-corrected chi connectivity index (χ2v) is 8.27. The van der Waals surface area contributed by atoms with E-state index in [0.29, 0.717) is 13.2 Å². The summed E-state index contributed by atoms with van der Waals surface area (Å²) in [6, 6.07) is 27.4. The van der Waals surface area contributed by atoms with Crippen molar-refractivity contribution >= 4 is 32.4 Å². The number of rotatable bonds is 6. The van der Waals surface area contributed by atoms with E-state index in [0.717, 1.165) is 21.5 Å². The van der Waals surface area contributed by atoms with Crippen molar-refractivity contribution in [2.45, 2.75) is 27.0 Å². The Kier molecular flexibility index (Phi) is 5.86. The highest BCUT2D eigenvalue weighted by molar-refractivity contribution is 9.10. The molecule has 0 saturated carbocycles. The third kappa shape index (κ3) is 4.63. The summed E-state index contributed by atoms with van der Waals surface area (Å²) >= 11 is 3.48. The zero-order chi connectivity index (χ0) is 20.2. The molecule has 1 N–H and O–H groups in total. The van der Waals surface area contributed by atoms with Crippen LogP contribution in [0.2, 0.25) is 0 Å². The van der Waals surface area contributed by atoms with Crippen LogP contribution >= 0.6 is 15.9 Å². The number of halogens is 1. The number of fused-ring (bicyclic) bond motifs is 1. The minimum atomic E-state index is 0.544. The lowest BCUT2D eigenvalue weighted by Gasteiger charge is -2.17. The maximum Gasteiger partial charge on any atom is 0.125 e. The second-order valence-electron chi connectivity index (χ2n) is 7.35. The van der Waals surface area contributed by atoms with Crippen molar-refractivity contribution in [2.24, 2.45) is 0 Å². The van der Waals surface area contributed by atoms with Crippen LogP contribution in [0.25, 0.3) is 10.8 Å². The summed E-state index contributed by atoms with van der Waals surface area (Å²) in [5.74, 6) is 0.921. The Morgan fingerprint density at radius 3 is 2.48 bits per heavy atom. The smallest absolute Gasteiger partial charge is 0.125 e. The predicted molar refractivity (Wildman–Crippen MR) is 126 cm³/mol. The van der Waals surface area contributed by atoms with E-state index in [1.54, 1.807) is 0 Å². The van der Waals surface area contributed by atoms with Gasteiger partial charge in [-0.1, -0.05) is 70.5 Å². The first kappa shape index (κ1) is 19.5. The molecule has 0 aliphatic carbocycles. The maximum absolute atomic E-state index is 6.26. The molecule has 4 aromatic rings. The maximum atomic E-state index is 6.26. The molecule has 0 bridgehead atoms. The summed E-state index contributed by atoms with van der Waals surface area (Å²) in [5.41, 5.74) is 5.99. The minimum Gasteiger partial charge on any atom is -0.489 e. The molecule has 0 fully saturated rings. The van der Waals surface area contributed by atoms with Gasteiger partial charge in [0.05, 0.1) is 0 Å². The van der Waals surface area contributed by atoms with Crippen molar-refractivity contribution in [3.8, 4) is 5.75 Å². The molecule has 0 spiro atoms. The van der Waals surface area contributed by atoms with Gasteiger partial charge >= 0.3 is 0 Å². The van der Waals surface area contributed by atoms with E-state index in [1.807, 2.05) is 12.1 Å². The van der Waals surface area contributed by atoms with Gasteiger partial charge in [0.25, 0.3) is 0 Å². The Hall–Kier alpha value is -2.78. The zero-order valence-corrected chi connectivity index (χ0v) is 18.3. The fourth-order valence-corrected chi connectivity index (χ4v) is 3.75. The summed E-state index contributed by atoms with van der Waals surface area (Å²) in [6.07, 6.45) is 0. The molecule has 0 radical (unpaired) electrons. The number of benzene rings is 4. The summed E-state index contributed by atoms with van der Waals surface area (Å²) in [7, 11) is 0. The molecule has 0 aromatic heterocycles. The van der Waals surface area contributed by atoms with Crippen LogP contribution in [0.5, 0.6) is 5.75 Å². The molecule has 146 valence electrons. The Bertz CT molecular complexity index is 1140. The third-order valence-electron chi connectivity index (χ3n) is 5.15. The summed E-state index contributed by atoms with van der Waals surface area (Å²) in [5, 5.41) is 6.07. The fraction of sp³-hybridized carbons (Fsp3) is 0.154. The monoisotopic (exact) mass is 445 g/mol. The number of aryl methyl sites for hydroxylation is 2. The van der Waals surface area contributed by atoms with E-state index in [2.05, 4.69) is 102 Å². The van der Waals surface area contributed by atoms with E-state index in [9.17, 15) is 0 Å². The van der Waals surface area contributed by atoms with Crippen LogP contribution in [0.1, 0.15) is 22.3 Å². The van der Waals surface area contributed by atoms with E-state index in [1.165, 1.54) is 27.5 Å². The number of nitrogens with one attached hydrogen (secondary N) is 1. The average Bonchev–Trinajstić information content (AvgIpc) is 2.74. The summed E-state index contributed by atoms with van der Waals surface area (Å²) < 4.78 is 7.33. The van der Waals surface area contributed by atoms with Gasteiger partial charge in [0, 0.05) is 22.3 Å². The molecule has 4 aromatic carbocycles. The lowest BCUT2D eigenvalue weighted by atomic mass is 10.0. The Morgan fingerprint density at radius 2 is 1.66 bits per heavy atom. The molecule has 0 saturated heterocycles. The van der Waals surface area contributed by atoms with Gasteiger partial charge in [-0.2, -0.15) is 0 Å². The average molecular weight is 446 g/mol. The molecule has 0 aliphatic heterocycles. The predicted octanol–water partition coefficient (Wildman–Crippen LogP) is 7.41. The fourth-order valence-electron chi connectivity index (χ4n) is 3.49. The number of hydrogen-bond acceptors (Lipinski definition) is 2. The van der Waals surface area contributed by atoms with Crippen molar-refractivity contribution < 1.29 is 4.74 Å². The van der Waals surface area contributed by atoms with Gasteiger partial charge in [-0.25, -0.2) is 0 Å². The second kappa shape index (κ2) is 8.71. The molecule has 3 heteroatoms. The minimum absolute atomic E-state index is 0.544. The highest BCUT2D eigenvalue weighted by Crippen LogP contribution is 2.30. The van der Waals surface area contributed by atoms with Gasteiger partial charge < -0.3 is 10.1 Å². The first-order valence-electron chi connectivity index (χ1n) is 9.79. The summed E-state index contributed by atoms with van der Waals surface area (Å²) in [6.45, 7) is 5.51. The van der Waals surface area contributed by atoms with Gasteiger partial charge in [-0.05, 0) is 65.6 Å². The van der Waals surface area contributed by atoms with Gasteiger partial charge in [0.2, 0.25) is 0 Å². The first-order chi connectivity index (χ1) is 14.1. The Morgan fingerprint density at radius 1 is 0.862 bits per heavy atom. The number of hydrogen-bond donors (Lipinski definition) is 1. The largest absolute Gasteiger partial charge is 0.489 e. The van der Waals surface area contributed by atoms with Gasteiger partial charge in [-0.3, -0.25) is 0 Å². The molecule has 0 atom stereocenters. The highest BCUT2D eigenvalue weighted by atomic mass is 79.9. The molecule has 2 nitrogen and oxygen atoms in total. The first-order valence-corrected chi connectivity index (χ1v) is 10.6. The topological polar surface area (TPSA) is 21.3 Å². The van der Waals surface area contributed by atoms with Gasteiger partial charge in [0.1, 0.15) is 12.4 Å². The molecule has 0 unspecified atom stereocenters. The molecular weight excluding hydrogens is 422 g/mol. The van der Waals surface area contributed by atoms with Crippen LogP contribution in [0, 0.1) is 13.8 Å².